The van der Waals surface area contributed by atoms with Crippen LogP contribution in [0.15, 0.2) is 16.7 Å². The highest BCUT2D eigenvalue weighted by Gasteiger charge is 2.35. The molecule has 3 N–H and O–H groups in total. The van der Waals surface area contributed by atoms with Crippen LogP contribution in [-0.4, -0.2) is 42.1 Å². The Morgan fingerprint density at radius 1 is 1.67 bits per heavy atom. The van der Waals surface area contributed by atoms with Crippen LogP contribution in [0.2, 0.25) is 0 Å². The molecule has 1 aliphatic rings. The van der Waals surface area contributed by atoms with E-state index in [4.69, 9.17) is 10.6 Å². The predicted molar refractivity (Wildman–Crippen MR) is 84.8 cm³/mol. The SMILES string of the molecule is COCCN(C(=O)c1cc(Br)cnc1NN)C(C)C1CC1. The number of nitrogen functional groups attached to an aromatic ring is 1. The molecule has 0 bridgehead atoms. The van der Waals surface area contributed by atoms with Gasteiger partial charge in [0.25, 0.3) is 5.91 Å². The van der Waals surface area contributed by atoms with Crippen molar-refractivity contribution in [3.8, 4) is 0 Å². The number of nitrogens with zero attached hydrogens (tertiary/aromatic N) is 2. The third kappa shape index (κ3) is 3.93. The molecule has 1 fully saturated rings. The normalized spacial score (nSPS) is 15.6. The Bertz CT molecular complexity index is 508. The van der Waals surface area contributed by atoms with Crippen molar-refractivity contribution in [2.75, 3.05) is 25.7 Å². The van der Waals surface area contributed by atoms with Gasteiger partial charge in [-0.15, -0.1) is 0 Å². The molecule has 1 aromatic rings. The monoisotopic (exact) mass is 356 g/mol. The molecule has 21 heavy (non-hydrogen) atoms. The summed E-state index contributed by atoms with van der Waals surface area (Å²) in [5.74, 6) is 6.35. The predicted octanol–water partition coefficient (Wildman–Crippen LogP) is 2.02. The van der Waals surface area contributed by atoms with Gasteiger partial charge < -0.3 is 15.1 Å². The molecule has 1 aromatic heterocycles. The molecular weight excluding hydrogens is 336 g/mol. The number of anilines is 1. The van der Waals surface area contributed by atoms with Crippen molar-refractivity contribution in [3.05, 3.63) is 22.3 Å². The summed E-state index contributed by atoms with van der Waals surface area (Å²) >= 11 is 3.35. The van der Waals surface area contributed by atoms with Crippen LogP contribution in [0.25, 0.3) is 0 Å². The van der Waals surface area contributed by atoms with Gasteiger partial charge in [-0.3, -0.25) is 4.79 Å². The van der Waals surface area contributed by atoms with Crippen molar-refractivity contribution in [2.45, 2.75) is 25.8 Å². The number of pyridine rings is 1. The molecule has 116 valence electrons. The van der Waals surface area contributed by atoms with Crippen molar-refractivity contribution in [2.24, 2.45) is 11.8 Å². The number of methoxy groups -OCH3 is 1. The number of rotatable bonds is 7. The number of halogens is 1. The summed E-state index contributed by atoms with van der Waals surface area (Å²) in [6.45, 7) is 3.16. The van der Waals surface area contributed by atoms with Crippen LogP contribution in [-0.2, 0) is 4.74 Å². The second-order valence-electron chi connectivity index (χ2n) is 5.26. The minimum Gasteiger partial charge on any atom is -0.383 e. The maximum atomic E-state index is 12.9. The zero-order valence-electron chi connectivity index (χ0n) is 12.3. The first-order valence-corrected chi connectivity index (χ1v) is 7.79. The summed E-state index contributed by atoms with van der Waals surface area (Å²) in [6, 6.07) is 1.93. The van der Waals surface area contributed by atoms with Crippen LogP contribution >= 0.6 is 15.9 Å². The van der Waals surface area contributed by atoms with E-state index in [1.54, 1.807) is 19.4 Å². The van der Waals surface area contributed by atoms with Gasteiger partial charge in [0, 0.05) is 30.4 Å². The Labute approximate surface area is 133 Å². The van der Waals surface area contributed by atoms with E-state index in [0.29, 0.717) is 30.5 Å². The molecule has 6 nitrogen and oxygen atoms in total. The number of hydrazine groups is 1. The number of hydrogen-bond donors (Lipinski definition) is 2. The Kier molecular flexibility index (Phi) is 5.55. The van der Waals surface area contributed by atoms with Gasteiger partial charge in [-0.05, 0) is 47.7 Å². The van der Waals surface area contributed by atoms with Crippen LogP contribution < -0.4 is 11.3 Å². The van der Waals surface area contributed by atoms with Crippen molar-refractivity contribution in [1.29, 1.82) is 0 Å². The molecule has 1 atom stereocenters. The van der Waals surface area contributed by atoms with Gasteiger partial charge in [-0.1, -0.05) is 0 Å². The molecule has 0 spiro atoms. The number of carbonyl (C=O) groups is 1. The number of aromatic nitrogens is 1. The van der Waals surface area contributed by atoms with Crippen LogP contribution in [0.4, 0.5) is 5.82 Å². The molecule has 0 aromatic carbocycles. The Morgan fingerprint density at radius 3 is 2.95 bits per heavy atom. The average molecular weight is 357 g/mol. The molecule has 1 aliphatic carbocycles. The Balaban J connectivity index is 2.25. The summed E-state index contributed by atoms with van der Waals surface area (Å²) in [5, 5.41) is 0. The molecule has 7 heteroatoms. The minimum absolute atomic E-state index is 0.0757. The van der Waals surface area contributed by atoms with E-state index in [0.717, 1.165) is 4.47 Å². The quantitative estimate of drug-likeness (QED) is 0.577. The molecule has 1 saturated carbocycles. The molecule has 0 radical (unpaired) electrons. The van der Waals surface area contributed by atoms with Gasteiger partial charge >= 0.3 is 0 Å². The van der Waals surface area contributed by atoms with Gasteiger partial charge in [0.05, 0.1) is 12.2 Å². The highest BCUT2D eigenvalue weighted by Crippen LogP contribution is 2.36. The third-order valence-electron chi connectivity index (χ3n) is 3.81. The maximum absolute atomic E-state index is 12.9. The fraction of sp³-hybridized carbons (Fsp3) is 0.571. The van der Waals surface area contributed by atoms with E-state index in [1.165, 1.54) is 12.8 Å². The number of nitrogens with two attached hydrogens (primary N) is 1. The first-order chi connectivity index (χ1) is 10.1. The van der Waals surface area contributed by atoms with Gasteiger partial charge in [-0.25, -0.2) is 10.8 Å². The molecule has 1 unspecified atom stereocenters. The van der Waals surface area contributed by atoms with Crippen LogP contribution in [0.1, 0.15) is 30.1 Å². The zero-order chi connectivity index (χ0) is 15.4. The molecule has 1 heterocycles. The van der Waals surface area contributed by atoms with Crippen molar-refractivity contribution in [1.82, 2.24) is 9.88 Å². The van der Waals surface area contributed by atoms with Crippen LogP contribution in [0.5, 0.6) is 0 Å². The van der Waals surface area contributed by atoms with Gasteiger partial charge in [-0.2, -0.15) is 0 Å². The van der Waals surface area contributed by atoms with E-state index < -0.39 is 0 Å². The van der Waals surface area contributed by atoms with Crippen molar-refractivity contribution < 1.29 is 9.53 Å². The van der Waals surface area contributed by atoms with E-state index in [9.17, 15) is 4.79 Å². The van der Waals surface area contributed by atoms with Crippen molar-refractivity contribution >= 4 is 27.7 Å². The van der Waals surface area contributed by atoms with E-state index in [1.807, 2.05) is 4.90 Å². The molecular formula is C14H21BrN4O2. The fourth-order valence-corrected chi connectivity index (χ4v) is 2.72. The Morgan fingerprint density at radius 2 is 2.38 bits per heavy atom. The summed E-state index contributed by atoms with van der Waals surface area (Å²) in [5.41, 5.74) is 2.96. The van der Waals surface area contributed by atoms with Gasteiger partial charge in [0.2, 0.25) is 0 Å². The zero-order valence-corrected chi connectivity index (χ0v) is 13.9. The Hall–Kier alpha value is -1.18. The van der Waals surface area contributed by atoms with E-state index >= 15 is 0 Å². The summed E-state index contributed by atoms with van der Waals surface area (Å²) in [4.78, 5) is 18.9. The lowest BCUT2D eigenvalue weighted by Gasteiger charge is -2.29. The molecule has 0 aliphatic heterocycles. The second kappa shape index (κ2) is 7.20. The second-order valence-corrected chi connectivity index (χ2v) is 6.18. The average Bonchev–Trinajstić information content (AvgIpc) is 3.31. The number of hydrogen-bond acceptors (Lipinski definition) is 5. The number of amides is 1. The molecule has 1 amide bonds. The maximum Gasteiger partial charge on any atom is 0.258 e. The number of ether oxygens (including phenoxy) is 1. The first kappa shape index (κ1) is 16.2. The summed E-state index contributed by atoms with van der Waals surface area (Å²) < 4.78 is 5.88. The van der Waals surface area contributed by atoms with Gasteiger partial charge in [0.15, 0.2) is 5.82 Å². The fourth-order valence-electron chi connectivity index (χ4n) is 2.38. The van der Waals surface area contributed by atoms with E-state index in [-0.39, 0.29) is 11.9 Å². The number of carbonyl (C=O) groups excluding carboxylic acids is 1. The molecule has 2 rings (SSSR count). The lowest BCUT2D eigenvalue weighted by Crippen LogP contribution is -2.42. The third-order valence-corrected chi connectivity index (χ3v) is 4.25. The lowest BCUT2D eigenvalue weighted by molar-refractivity contribution is 0.0595. The smallest absolute Gasteiger partial charge is 0.258 e. The van der Waals surface area contributed by atoms with Gasteiger partial charge in [0.1, 0.15) is 0 Å². The summed E-state index contributed by atoms with van der Waals surface area (Å²) in [6.07, 6.45) is 3.96. The molecule has 0 saturated heterocycles. The van der Waals surface area contributed by atoms with Crippen LogP contribution in [0, 0.1) is 5.92 Å². The minimum atomic E-state index is -0.0757. The highest BCUT2D eigenvalue weighted by molar-refractivity contribution is 9.10. The first-order valence-electron chi connectivity index (χ1n) is 7.00. The lowest BCUT2D eigenvalue weighted by atomic mass is 10.1. The highest BCUT2D eigenvalue weighted by atomic mass is 79.9. The standard InChI is InChI=1S/C14H21BrN4O2/c1-9(10-3-4-10)19(5-6-21-2)14(20)12-7-11(15)8-17-13(12)18-16/h7-10H,3-6,16H2,1-2H3,(H,17,18). The van der Waals surface area contributed by atoms with Crippen LogP contribution in [0.3, 0.4) is 0 Å². The topological polar surface area (TPSA) is 80.5 Å². The van der Waals surface area contributed by atoms with E-state index in [2.05, 4.69) is 33.3 Å². The van der Waals surface area contributed by atoms with Crippen molar-refractivity contribution in [3.63, 3.8) is 0 Å². The number of nitrogens with one attached hydrogen (secondary N) is 1. The largest absolute Gasteiger partial charge is 0.383 e. The summed E-state index contributed by atoms with van der Waals surface area (Å²) in [7, 11) is 1.64.